The van der Waals surface area contributed by atoms with Gasteiger partial charge in [-0.15, -0.1) is 0 Å². The lowest BCUT2D eigenvalue weighted by Crippen LogP contribution is -2.64. The summed E-state index contributed by atoms with van der Waals surface area (Å²) >= 11 is 0. The molecule has 4 unspecified atom stereocenters. The number of nitrogens with zero attached hydrogens (tertiary/aromatic N) is 3. The maximum atomic E-state index is 2.93. The molecule has 0 radical (unpaired) electrons. The number of aryl methyl sites for hydroxylation is 2. The maximum absolute atomic E-state index is 2.93. The van der Waals surface area contributed by atoms with Crippen LogP contribution in [-0.4, -0.2) is 17.8 Å². The minimum atomic E-state index is -0.0790. The molecule has 0 spiro atoms. The number of benzene rings is 6. The van der Waals surface area contributed by atoms with Crippen molar-refractivity contribution in [3.8, 4) is 11.1 Å². The van der Waals surface area contributed by atoms with Gasteiger partial charge in [-0.3, -0.25) is 0 Å². The topological polar surface area (TPSA) is 9.72 Å². The van der Waals surface area contributed by atoms with E-state index in [-0.39, 0.29) is 34.0 Å². The predicted molar refractivity (Wildman–Crippen MR) is 265 cm³/mol. The van der Waals surface area contributed by atoms with E-state index in [1.54, 1.807) is 11.1 Å². The van der Waals surface area contributed by atoms with Crippen LogP contribution in [0.2, 0.25) is 0 Å². The number of fused-ring (bicyclic) bond motifs is 10. The van der Waals surface area contributed by atoms with E-state index in [1.165, 1.54) is 135 Å². The molecule has 4 aliphatic heterocycles. The molecule has 3 nitrogen and oxygen atoms in total. The van der Waals surface area contributed by atoms with E-state index < -0.39 is 0 Å². The Morgan fingerprint density at radius 2 is 1.13 bits per heavy atom. The molecule has 62 heavy (non-hydrogen) atoms. The number of anilines is 7. The van der Waals surface area contributed by atoms with Crippen molar-refractivity contribution in [2.45, 2.75) is 141 Å². The van der Waals surface area contributed by atoms with E-state index in [0.717, 1.165) is 0 Å². The minimum absolute atomic E-state index is 0.000106. The van der Waals surface area contributed by atoms with Crippen LogP contribution in [0.5, 0.6) is 0 Å². The normalized spacial score (nSPS) is 26.4. The van der Waals surface area contributed by atoms with Crippen molar-refractivity contribution in [1.82, 2.24) is 0 Å². The zero-order valence-corrected chi connectivity index (χ0v) is 38.5. The van der Waals surface area contributed by atoms with Gasteiger partial charge in [0.1, 0.15) is 0 Å². The van der Waals surface area contributed by atoms with Crippen LogP contribution in [0.3, 0.4) is 0 Å². The lowest BCUT2D eigenvalue weighted by molar-refractivity contribution is 0.194. The second-order valence-corrected chi connectivity index (χ2v) is 22.2. The third-order valence-corrected chi connectivity index (χ3v) is 17.8. The van der Waals surface area contributed by atoms with Gasteiger partial charge >= 0.3 is 0 Å². The van der Waals surface area contributed by atoms with E-state index in [2.05, 4.69) is 192 Å². The van der Waals surface area contributed by atoms with Crippen LogP contribution in [0.15, 0.2) is 115 Å². The smallest absolute Gasteiger partial charge is 0.252 e. The van der Waals surface area contributed by atoms with Gasteiger partial charge < -0.3 is 14.7 Å². The van der Waals surface area contributed by atoms with Gasteiger partial charge in [-0.05, 0) is 145 Å². The zero-order valence-electron chi connectivity index (χ0n) is 38.5. The minimum Gasteiger partial charge on any atom is -0.335 e. The fourth-order valence-electron chi connectivity index (χ4n) is 14.0. The van der Waals surface area contributed by atoms with Gasteiger partial charge in [0.15, 0.2) is 0 Å². The first kappa shape index (κ1) is 38.5. The highest BCUT2D eigenvalue weighted by molar-refractivity contribution is 7.00. The van der Waals surface area contributed by atoms with Crippen LogP contribution in [-0.2, 0) is 16.2 Å². The molecule has 0 N–H and O–H groups in total. The highest BCUT2D eigenvalue weighted by Gasteiger charge is 2.63. The summed E-state index contributed by atoms with van der Waals surface area (Å²) in [4.78, 5) is 8.42. The van der Waals surface area contributed by atoms with E-state index in [4.69, 9.17) is 0 Å². The second-order valence-electron chi connectivity index (χ2n) is 22.2. The molecule has 0 saturated heterocycles. The van der Waals surface area contributed by atoms with Crippen LogP contribution in [0.1, 0.15) is 128 Å². The fraction of sp³-hybridized carbons (Fsp3) is 0.379. The molecule has 2 aliphatic carbocycles. The molecular formula is C58H62BN3. The Morgan fingerprint density at radius 1 is 0.500 bits per heavy atom. The largest absolute Gasteiger partial charge is 0.335 e. The quantitative estimate of drug-likeness (QED) is 0.165. The number of rotatable bonds is 3. The third-order valence-electron chi connectivity index (χ3n) is 17.8. The molecule has 12 rings (SSSR count). The Labute approximate surface area is 371 Å². The van der Waals surface area contributed by atoms with Crippen LogP contribution in [0, 0.1) is 13.8 Å². The van der Waals surface area contributed by atoms with Crippen LogP contribution in [0.25, 0.3) is 11.1 Å². The van der Waals surface area contributed by atoms with Gasteiger partial charge in [0.2, 0.25) is 0 Å². The molecule has 0 aromatic heterocycles. The molecule has 312 valence electrons. The summed E-state index contributed by atoms with van der Waals surface area (Å²) < 4.78 is 0. The molecule has 6 aromatic carbocycles. The average molecular weight is 812 g/mol. The Hall–Kier alpha value is -5.22. The van der Waals surface area contributed by atoms with E-state index >= 15 is 0 Å². The fourth-order valence-corrected chi connectivity index (χ4v) is 14.0. The van der Waals surface area contributed by atoms with Crippen LogP contribution < -0.4 is 31.1 Å². The summed E-state index contributed by atoms with van der Waals surface area (Å²) in [5.41, 5.74) is 23.6. The molecule has 6 aromatic rings. The van der Waals surface area contributed by atoms with Crippen LogP contribution in [0.4, 0.5) is 39.8 Å². The standard InChI is InChI=1S/C58H62BN3/c1-37-19-23-42(24-20-37)60-49-25-21-38(2)31-46(49)59-47-33-40(39-17-11-10-12-18-39)32-45-53(47)62(58(9)30-16-14-28-56(45,58)7)51-36-43(35-50(60)52(51)59)61-48-26-22-41(54(3,4)5)34-44(48)55(6)27-13-15-29-57(55,61)8/h10-12,17-26,31-36H,13-16,27-30H2,1-9H3. The van der Waals surface area contributed by atoms with Gasteiger partial charge in [0.05, 0.1) is 11.1 Å². The molecular weight excluding hydrogens is 749 g/mol. The maximum Gasteiger partial charge on any atom is 0.252 e. The monoisotopic (exact) mass is 812 g/mol. The zero-order chi connectivity index (χ0) is 42.7. The summed E-state index contributed by atoms with van der Waals surface area (Å²) in [7, 11) is 0. The van der Waals surface area contributed by atoms with E-state index in [0.29, 0.717) is 0 Å². The van der Waals surface area contributed by atoms with Crippen molar-refractivity contribution in [2.75, 3.05) is 14.7 Å². The Bertz CT molecular complexity index is 2850. The van der Waals surface area contributed by atoms with E-state index in [9.17, 15) is 0 Å². The summed E-state index contributed by atoms with van der Waals surface area (Å²) in [6, 6.07) is 45.9. The lowest BCUT2D eigenvalue weighted by Gasteiger charge is -2.53. The first-order valence-corrected chi connectivity index (χ1v) is 23.8. The van der Waals surface area contributed by atoms with Gasteiger partial charge in [-0.1, -0.05) is 144 Å². The van der Waals surface area contributed by atoms with Gasteiger partial charge in [-0.2, -0.15) is 0 Å². The molecule has 2 saturated carbocycles. The molecule has 6 aliphatic rings. The Morgan fingerprint density at radius 3 is 1.84 bits per heavy atom. The van der Waals surface area contributed by atoms with Gasteiger partial charge in [0.25, 0.3) is 6.71 Å². The summed E-state index contributed by atoms with van der Waals surface area (Å²) in [6.07, 6.45) is 9.84. The van der Waals surface area contributed by atoms with Crippen molar-refractivity contribution < 1.29 is 0 Å². The lowest BCUT2D eigenvalue weighted by atomic mass is 9.33. The van der Waals surface area contributed by atoms with Crippen molar-refractivity contribution in [3.05, 3.63) is 143 Å². The molecule has 0 bridgehead atoms. The molecule has 4 heteroatoms. The highest BCUT2D eigenvalue weighted by atomic mass is 15.3. The van der Waals surface area contributed by atoms with Gasteiger partial charge in [-0.25, -0.2) is 0 Å². The predicted octanol–water partition coefficient (Wildman–Crippen LogP) is 13.4. The Balaban J connectivity index is 1.20. The van der Waals surface area contributed by atoms with Crippen molar-refractivity contribution in [1.29, 1.82) is 0 Å². The molecule has 2 fully saturated rings. The molecule has 4 heterocycles. The highest BCUT2D eigenvalue weighted by Crippen LogP contribution is 2.65. The first-order chi connectivity index (χ1) is 29.7. The average Bonchev–Trinajstić information content (AvgIpc) is 3.60. The Kier molecular flexibility index (Phi) is 7.88. The summed E-state index contributed by atoms with van der Waals surface area (Å²) in [6.45, 7) is 22.2. The van der Waals surface area contributed by atoms with Crippen molar-refractivity contribution >= 4 is 62.9 Å². The van der Waals surface area contributed by atoms with Gasteiger partial charge in [0, 0.05) is 50.6 Å². The summed E-state index contributed by atoms with van der Waals surface area (Å²) in [5.74, 6) is 0. The third kappa shape index (κ3) is 4.85. The second kappa shape index (κ2) is 12.7. The number of hydrogen-bond acceptors (Lipinski definition) is 3. The van der Waals surface area contributed by atoms with Crippen molar-refractivity contribution in [2.24, 2.45) is 0 Å². The van der Waals surface area contributed by atoms with E-state index in [1.807, 2.05) is 0 Å². The van der Waals surface area contributed by atoms with Crippen LogP contribution >= 0.6 is 0 Å². The molecule has 4 atom stereocenters. The molecule has 0 amide bonds. The first-order valence-electron chi connectivity index (χ1n) is 23.8. The summed E-state index contributed by atoms with van der Waals surface area (Å²) in [5, 5.41) is 0. The SMILES string of the molecule is Cc1ccc(N2c3ccc(C)cc3B3c4cc(-c5ccccc5)cc5c4N(c4cc(N6c7ccc(C(C)(C)C)cc7C7(C)CCCCC67C)cc2c43)C2(C)CCCCC52C)cc1. The number of hydrogen-bond donors (Lipinski definition) is 0. The van der Waals surface area contributed by atoms with Crippen molar-refractivity contribution in [3.63, 3.8) is 0 Å².